The van der Waals surface area contributed by atoms with Crippen molar-refractivity contribution < 1.29 is 23.1 Å². The van der Waals surface area contributed by atoms with Gasteiger partial charge in [0.1, 0.15) is 0 Å². The highest BCUT2D eigenvalue weighted by Crippen LogP contribution is 2.50. The van der Waals surface area contributed by atoms with E-state index in [1.54, 1.807) is 0 Å². The second-order valence-corrected chi connectivity index (χ2v) is 5.83. The molecule has 1 heterocycles. The Balaban J connectivity index is 1.76. The van der Waals surface area contributed by atoms with Gasteiger partial charge in [0.15, 0.2) is 0 Å². The molecule has 3 rings (SSSR count). The predicted octanol–water partition coefficient (Wildman–Crippen LogP) is 2.57. The second kappa shape index (κ2) is 4.81. The summed E-state index contributed by atoms with van der Waals surface area (Å²) in [5.41, 5.74) is -1.23. The molecule has 22 heavy (non-hydrogen) atoms. The number of hydrazone groups is 1. The van der Waals surface area contributed by atoms with Gasteiger partial charge in [0.25, 0.3) is 5.72 Å². The minimum Gasteiger partial charge on any atom is -0.362 e. The zero-order chi connectivity index (χ0) is 16.1. The molecule has 0 spiro atoms. The standard InChI is InChI=1S/C15H15F3N2O2/c1-9-2-4-10(5-3-9)11-8-12(11)13(21)20-14(22,6-7-19-20)15(16,17)18/h2-5,7,11-12,22H,6,8H2,1H3/t11-,12+,14+/m0/s1. The van der Waals surface area contributed by atoms with Crippen molar-refractivity contribution in [1.82, 2.24) is 5.01 Å². The maximum Gasteiger partial charge on any atom is 0.438 e. The smallest absolute Gasteiger partial charge is 0.362 e. The van der Waals surface area contributed by atoms with E-state index in [1.165, 1.54) is 0 Å². The average molecular weight is 312 g/mol. The molecule has 1 N–H and O–H groups in total. The molecule has 1 fully saturated rings. The molecule has 0 bridgehead atoms. The van der Waals surface area contributed by atoms with Gasteiger partial charge in [-0.2, -0.15) is 23.3 Å². The fourth-order valence-electron chi connectivity index (χ4n) is 2.71. The molecular formula is C15H15F3N2O2. The van der Waals surface area contributed by atoms with E-state index in [2.05, 4.69) is 5.10 Å². The van der Waals surface area contributed by atoms with Gasteiger partial charge in [-0.05, 0) is 24.8 Å². The van der Waals surface area contributed by atoms with Crippen molar-refractivity contribution in [2.24, 2.45) is 11.0 Å². The van der Waals surface area contributed by atoms with Gasteiger partial charge in [-0.25, -0.2) is 0 Å². The summed E-state index contributed by atoms with van der Waals surface area (Å²) in [7, 11) is 0. The van der Waals surface area contributed by atoms with Crippen LogP contribution in [0.5, 0.6) is 0 Å². The first-order chi connectivity index (χ1) is 10.2. The van der Waals surface area contributed by atoms with Crippen molar-refractivity contribution in [3.8, 4) is 0 Å². The van der Waals surface area contributed by atoms with Crippen LogP contribution < -0.4 is 0 Å². The molecule has 2 aliphatic rings. The number of alkyl halides is 3. The Labute approximate surface area is 125 Å². The molecule has 1 saturated carbocycles. The number of carbonyl (C=O) groups excluding carboxylic acids is 1. The van der Waals surface area contributed by atoms with E-state index in [0.717, 1.165) is 17.3 Å². The van der Waals surface area contributed by atoms with E-state index in [0.29, 0.717) is 6.42 Å². The van der Waals surface area contributed by atoms with Crippen molar-refractivity contribution in [1.29, 1.82) is 0 Å². The Bertz CT molecular complexity index is 627. The Morgan fingerprint density at radius 3 is 2.59 bits per heavy atom. The van der Waals surface area contributed by atoms with Gasteiger partial charge in [0, 0.05) is 18.6 Å². The number of carbonyl (C=O) groups is 1. The first-order valence-corrected chi connectivity index (χ1v) is 6.96. The summed E-state index contributed by atoms with van der Waals surface area (Å²) in [6.07, 6.45) is -4.27. The third-order valence-corrected chi connectivity index (χ3v) is 4.20. The topological polar surface area (TPSA) is 52.9 Å². The predicted molar refractivity (Wildman–Crippen MR) is 73.0 cm³/mol. The molecule has 3 atom stereocenters. The van der Waals surface area contributed by atoms with Crippen molar-refractivity contribution in [2.75, 3.05) is 0 Å². The highest BCUT2D eigenvalue weighted by atomic mass is 19.4. The van der Waals surface area contributed by atoms with Crippen LogP contribution in [0.2, 0.25) is 0 Å². The highest BCUT2D eigenvalue weighted by molar-refractivity contribution is 5.85. The van der Waals surface area contributed by atoms with E-state index in [9.17, 15) is 23.1 Å². The lowest BCUT2D eigenvalue weighted by Crippen LogP contribution is -2.56. The molecule has 118 valence electrons. The van der Waals surface area contributed by atoms with E-state index in [4.69, 9.17) is 0 Å². The maximum absolute atomic E-state index is 13.0. The molecule has 1 aromatic carbocycles. The average Bonchev–Trinajstić information content (AvgIpc) is 3.13. The summed E-state index contributed by atoms with van der Waals surface area (Å²) < 4.78 is 38.9. The van der Waals surface area contributed by atoms with Crippen LogP contribution in [0, 0.1) is 12.8 Å². The fraction of sp³-hybridized carbons (Fsp3) is 0.467. The molecule has 0 aromatic heterocycles. The summed E-state index contributed by atoms with van der Waals surface area (Å²) in [4.78, 5) is 12.3. The number of hydrogen-bond acceptors (Lipinski definition) is 3. The van der Waals surface area contributed by atoms with Crippen LogP contribution in [-0.4, -0.2) is 34.1 Å². The van der Waals surface area contributed by atoms with E-state index < -0.39 is 30.1 Å². The monoisotopic (exact) mass is 312 g/mol. The first kappa shape index (κ1) is 15.0. The van der Waals surface area contributed by atoms with Crippen LogP contribution >= 0.6 is 0 Å². The van der Waals surface area contributed by atoms with Crippen LogP contribution in [0.15, 0.2) is 29.4 Å². The Kier molecular flexibility index (Phi) is 3.28. The van der Waals surface area contributed by atoms with E-state index >= 15 is 0 Å². The van der Waals surface area contributed by atoms with E-state index in [1.807, 2.05) is 31.2 Å². The van der Waals surface area contributed by atoms with Gasteiger partial charge in [0.05, 0.1) is 0 Å². The minimum absolute atomic E-state index is 0.110. The summed E-state index contributed by atoms with van der Waals surface area (Å²) in [6.45, 7) is 1.93. The zero-order valence-corrected chi connectivity index (χ0v) is 11.8. The number of amides is 1. The molecule has 0 radical (unpaired) electrons. The number of rotatable bonds is 2. The third kappa shape index (κ3) is 2.29. The van der Waals surface area contributed by atoms with Crippen LogP contribution in [0.1, 0.15) is 29.9 Å². The number of aliphatic hydroxyl groups is 1. The largest absolute Gasteiger partial charge is 0.438 e. The van der Waals surface area contributed by atoms with Gasteiger partial charge >= 0.3 is 6.18 Å². The molecule has 0 unspecified atom stereocenters. The Morgan fingerprint density at radius 2 is 2.00 bits per heavy atom. The van der Waals surface area contributed by atoms with Crippen LogP contribution in [0.25, 0.3) is 0 Å². The second-order valence-electron chi connectivity index (χ2n) is 5.83. The van der Waals surface area contributed by atoms with Gasteiger partial charge < -0.3 is 5.11 Å². The van der Waals surface area contributed by atoms with Gasteiger partial charge in [-0.1, -0.05) is 29.8 Å². The van der Waals surface area contributed by atoms with Gasteiger partial charge in [-0.3, -0.25) is 4.79 Å². The van der Waals surface area contributed by atoms with Crippen molar-refractivity contribution in [2.45, 2.75) is 37.6 Å². The molecule has 1 aliphatic heterocycles. The summed E-state index contributed by atoms with van der Waals surface area (Å²) in [5, 5.41) is 13.4. The summed E-state index contributed by atoms with van der Waals surface area (Å²) >= 11 is 0. The van der Waals surface area contributed by atoms with Crippen LogP contribution in [0.3, 0.4) is 0 Å². The number of hydrogen-bond donors (Lipinski definition) is 1. The number of nitrogens with zero attached hydrogens (tertiary/aromatic N) is 2. The number of halogens is 3. The van der Waals surface area contributed by atoms with Crippen LogP contribution in [-0.2, 0) is 4.79 Å². The highest BCUT2D eigenvalue weighted by Gasteiger charge is 2.63. The van der Waals surface area contributed by atoms with Gasteiger partial charge in [-0.15, -0.1) is 0 Å². The van der Waals surface area contributed by atoms with Gasteiger partial charge in [0.2, 0.25) is 5.91 Å². The number of aryl methyl sites for hydroxylation is 1. The SMILES string of the molecule is Cc1ccc([C@@H]2C[C@H]2C(=O)N2N=CC[C@@]2(O)C(F)(F)F)cc1. The molecule has 1 aromatic rings. The molecular weight excluding hydrogens is 297 g/mol. The first-order valence-electron chi connectivity index (χ1n) is 6.96. The fourth-order valence-corrected chi connectivity index (χ4v) is 2.71. The lowest BCUT2D eigenvalue weighted by atomic mass is 10.1. The normalized spacial score (nSPS) is 30.7. The molecule has 0 saturated heterocycles. The lowest BCUT2D eigenvalue weighted by Gasteiger charge is -2.32. The quantitative estimate of drug-likeness (QED) is 0.912. The lowest BCUT2D eigenvalue weighted by molar-refractivity contribution is -0.302. The Morgan fingerprint density at radius 1 is 1.36 bits per heavy atom. The minimum atomic E-state index is -4.94. The van der Waals surface area contributed by atoms with Crippen LogP contribution in [0.4, 0.5) is 13.2 Å². The third-order valence-electron chi connectivity index (χ3n) is 4.20. The number of benzene rings is 1. The molecule has 1 amide bonds. The Hall–Kier alpha value is -1.89. The zero-order valence-electron chi connectivity index (χ0n) is 11.8. The summed E-state index contributed by atoms with van der Waals surface area (Å²) in [5.74, 6) is -1.45. The maximum atomic E-state index is 13.0. The summed E-state index contributed by atoms with van der Waals surface area (Å²) in [6, 6.07) is 7.54. The molecule has 1 aliphatic carbocycles. The van der Waals surface area contributed by atoms with Crippen molar-refractivity contribution in [3.63, 3.8) is 0 Å². The van der Waals surface area contributed by atoms with Crippen molar-refractivity contribution >= 4 is 12.1 Å². The van der Waals surface area contributed by atoms with Crippen molar-refractivity contribution in [3.05, 3.63) is 35.4 Å². The molecule has 4 nitrogen and oxygen atoms in total. The molecule has 7 heteroatoms. The van der Waals surface area contributed by atoms with E-state index in [-0.39, 0.29) is 10.9 Å².